The van der Waals surface area contributed by atoms with Crippen molar-refractivity contribution >= 4 is 29.9 Å². The van der Waals surface area contributed by atoms with Gasteiger partial charge in [-0.25, -0.2) is 4.39 Å². The number of rotatable bonds is 4. The third-order valence-corrected chi connectivity index (χ3v) is 6.91. The molecule has 1 saturated carbocycles. The Morgan fingerprint density at radius 3 is 2.61 bits per heavy atom. The lowest BCUT2D eigenvalue weighted by Gasteiger charge is -2.39. The van der Waals surface area contributed by atoms with Crippen LogP contribution in [-0.2, 0) is 10.2 Å². The average molecular weight is 501 g/mol. The summed E-state index contributed by atoms with van der Waals surface area (Å²) in [5, 5.41) is 3.50. The Hall–Kier alpha value is -0.890. The molecular formula is C22H33FIN3O. The minimum absolute atomic E-state index is 0. The quantitative estimate of drug-likeness (QED) is 0.379. The highest BCUT2D eigenvalue weighted by Crippen LogP contribution is 2.48. The molecule has 3 aliphatic rings. The molecule has 2 saturated heterocycles. The van der Waals surface area contributed by atoms with Crippen molar-refractivity contribution in [3.05, 3.63) is 35.6 Å². The molecule has 0 amide bonds. The summed E-state index contributed by atoms with van der Waals surface area (Å²) in [6.07, 6.45) is 7.19. The summed E-state index contributed by atoms with van der Waals surface area (Å²) < 4.78 is 19.5. The number of likely N-dealkylation sites (tertiary alicyclic amines) is 1. The van der Waals surface area contributed by atoms with E-state index in [-0.39, 0.29) is 35.2 Å². The Morgan fingerprint density at radius 1 is 1.21 bits per heavy atom. The third-order valence-electron chi connectivity index (χ3n) is 6.91. The second-order valence-corrected chi connectivity index (χ2v) is 8.60. The molecule has 1 N–H and O–H groups in total. The van der Waals surface area contributed by atoms with E-state index in [1.165, 1.54) is 31.7 Å². The summed E-state index contributed by atoms with van der Waals surface area (Å²) in [7, 11) is 0. The zero-order chi connectivity index (χ0) is 18.7. The van der Waals surface area contributed by atoms with Gasteiger partial charge in [-0.15, -0.1) is 24.0 Å². The molecule has 1 spiro atoms. The van der Waals surface area contributed by atoms with Crippen molar-refractivity contribution in [3.63, 3.8) is 0 Å². The maximum atomic E-state index is 13.9. The molecule has 4 nitrogen and oxygen atoms in total. The van der Waals surface area contributed by atoms with Gasteiger partial charge in [0, 0.05) is 38.3 Å². The monoisotopic (exact) mass is 501 g/mol. The fourth-order valence-electron chi connectivity index (χ4n) is 4.97. The molecule has 28 heavy (non-hydrogen) atoms. The van der Waals surface area contributed by atoms with Crippen LogP contribution in [0.4, 0.5) is 4.39 Å². The van der Waals surface area contributed by atoms with Crippen LogP contribution >= 0.6 is 24.0 Å². The zero-order valence-corrected chi connectivity index (χ0v) is 19.2. The van der Waals surface area contributed by atoms with Crippen molar-refractivity contribution in [2.45, 2.75) is 50.9 Å². The normalized spacial score (nSPS) is 23.2. The van der Waals surface area contributed by atoms with Crippen LogP contribution in [0.15, 0.2) is 29.3 Å². The van der Waals surface area contributed by atoms with Gasteiger partial charge >= 0.3 is 0 Å². The number of hydrogen-bond donors (Lipinski definition) is 1. The molecule has 156 valence electrons. The summed E-state index contributed by atoms with van der Waals surface area (Å²) in [6, 6.07) is 7.08. The minimum Gasteiger partial charge on any atom is -0.381 e. The van der Waals surface area contributed by atoms with E-state index in [0.717, 1.165) is 57.2 Å². The second kappa shape index (κ2) is 9.28. The van der Waals surface area contributed by atoms with E-state index in [1.807, 2.05) is 6.07 Å². The fraction of sp³-hybridized carbons (Fsp3) is 0.682. The van der Waals surface area contributed by atoms with E-state index in [2.05, 4.69) is 23.2 Å². The molecular weight excluding hydrogens is 468 g/mol. The van der Waals surface area contributed by atoms with Crippen LogP contribution in [0.1, 0.15) is 51.0 Å². The Bertz CT molecular complexity index is 686. The van der Waals surface area contributed by atoms with Crippen molar-refractivity contribution in [2.24, 2.45) is 10.4 Å². The van der Waals surface area contributed by atoms with Gasteiger partial charge in [0.05, 0.1) is 6.54 Å². The Kier molecular flexibility index (Phi) is 7.23. The van der Waals surface area contributed by atoms with Crippen LogP contribution in [0, 0.1) is 11.2 Å². The van der Waals surface area contributed by atoms with Crippen molar-refractivity contribution in [1.82, 2.24) is 10.2 Å². The molecule has 1 aromatic carbocycles. The molecule has 1 aromatic rings. The number of guanidine groups is 1. The number of ether oxygens (including phenoxy) is 1. The highest BCUT2D eigenvalue weighted by molar-refractivity contribution is 14.0. The molecule has 2 aliphatic heterocycles. The number of halogens is 2. The first-order valence-electron chi connectivity index (χ1n) is 10.5. The summed E-state index contributed by atoms with van der Waals surface area (Å²) >= 11 is 0. The van der Waals surface area contributed by atoms with Gasteiger partial charge in [-0.1, -0.05) is 18.6 Å². The fourth-order valence-corrected chi connectivity index (χ4v) is 4.97. The lowest BCUT2D eigenvalue weighted by molar-refractivity contribution is 0.0529. The smallest absolute Gasteiger partial charge is 0.193 e. The van der Waals surface area contributed by atoms with Crippen LogP contribution in [0.25, 0.3) is 0 Å². The van der Waals surface area contributed by atoms with Crippen LogP contribution in [0.3, 0.4) is 0 Å². The van der Waals surface area contributed by atoms with Crippen LogP contribution in [-0.4, -0.2) is 50.3 Å². The minimum atomic E-state index is -0.166. The number of nitrogens with zero attached hydrogens (tertiary/aromatic N) is 2. The van der Waals surface area contributed by atoms with E-state index in [9.17, 15) is 4.39 Å². The highest BCUT2D eigenvalue weighted by atomic mass is 127. The van der Waals surface area contributed by atoms with E-state index < -0.39 is 0 Å². The molecule has 1 aliphatic carbocycles. The topological polar surface area (TPSA) is 36.9 Å². The maximum absolute atomic E-state index is 13.9. The molecule has 0 bridgehead atoms. The number of hydrogen-bond acceptors (Lipinski definition) is 2. The van der Waals surface area contributed by atoms with Crippen molar-refractivity contribution in [1.29, 1.82) is 0 Å². The highest BCUT2D eigenvalue weighted by Gasteiger charge is 2.43. The van der Waals surface area contributed by atoms with Crippen molar-refractivity contribution in [2.75, 3.05) is 39.4 Å². The number of benzene rings is 1. The van der Waals surface area contributed by atoms with Gasteiger partial charge in [0.2, 0.25) is 0 Å². The van der Waals surface area contributed by atoms with Crippen LogP contribution in [0.2, 0.25) is 0 Å². The molecule has 0 atom stereocenters. The lowest BCUT2D eigenvalue weighted by Crippen LogP contribution is -2.44. The predicted molar refractivity (Wildman–Crippen MR) is 122 cm³/mol. The molecule has 2 heterocycles. The first-order chi connectivity index (χ1) is 13.1. The van der Waals surface area contributed by atoms with Crippen LogP contribution < -0.4 is 5.32 Å². The van der Waals surface area contributed by atoms with Gasteiger partial charge in [-0.05, 0) is 62.1 Å². The number of nitrogens with one attached hydrogen (secondary N) is 1. The largest absolute Gasteiger partial charge is 0.381 e. The van der Waals surface area contributed by atoms with Crippen molar-refractivity contribution in [3.8, 4) is 0 Å². The maximum Gasteiger partial charge on any atom is 0.193 e. The van der Waals surface area contributed by atoms with E-state index >= 15 is 0 Å². The first-order valence-corrected chi connectivity index (χ1v) is 10.5. The molecule has 6 heteroatoms. The van der Waals surface area contributed by atoms with Crippen molar-refractivity contribution < 1.29 is 9.13 Å². The third kappa shape index (κ3) is 4.48. The molecule has 0 unspecified atom stereocenters. The summed E-state index contributed by atoms with van der Waals surface area (Å²) in [6.45, 7) is 7.35. The SMILES string of the molecule is CCNC(=NCC1(c2cccc(F)c2)CCOCC1)N1CCC2(CCC2)C1.I. The summed E-state index contributed by atoms with van der Waals surface area (Å²) in [4.78, 5) is 7.52. The molecule has 0 aromatic heterocycles. The van der Waals surface area contributed by atoms with E-state index in [1.54, 1.807) is 6.07 Å². The molecule has 4 rings (SSSR count). The van der Waals surface area contributed by atoms with E-state index in [0.29, 0.717) is 12.0 Å². The Labute approximate surface area is 185 Å². The van der Waals surface area contributed by atoms with Gasteiger partial charge < -0.3 is 15.0 Å². The van der Waals surface area contributed by atoms with Crippen LogP contribution in [0.5, 0.6) is 0 Å². The van der Waals surface area contributed by atoms with Gasteiger partial charge in [-0.2, -0.15) is 0 Å². The second-order valence-electron chi connectivity index (χ2n) is 8.60. The Morgan fingerprint density at radius 2 is 2.00 bits per heavy atom. The van der Waals surface area contributed by atoms with Gasteiger partial charge in [-0.3, -0.25) is 4.99 Å². The summed E-state index contributed by atoms with van der Waals surface area (Å²) in [5.74, 6) is 0.865. The average Bonchev–Trinajstić information content (AvgIpc) is 3.12. The standard InChI is InChI=1S/C22H32FN3O.HI/c1-2-24-20(26-12-9-21(17-26)7-4-8-21)25-16-22(10-13-27-14-11-22)18-5-3-6-19(23)15-18;/h3,5-6,15H,2,4,7-14,16-17H2,1H3,(H,24,25);1H. The van der Waals surface area contributed by atoms with E-state index in [4.69, 9.17) is 9.73 Å². The Balaban J connectivity index is 0.00000225. The summed E-state index contributed by atoms with van der Waals surface area (Å²) in [5.41, 5.74) is 1.48. The van der Waals surface area contributed by atoms with Gasteiger partial charge in [0.15, 0.2) is 5.96 Å². The predicted octanol–water partition coefficient (Wildman–Crippen LogP) is 4.33. The van der Waals surface area contributed by atoms with Gasteiger partial charge in [0.1, 0.15) is 5.82 Å². The zero-order valence-electron chi connectivity index (χ0n) is 16.9. The van der Waals surface area contributed by atoms with Gasteiger partial charge in [0.25, 0.3) is 0 Å². The number of aliphatic imine (C=N–C) groups is 1. The first kappa shape index (κ1) is 21.8. The molecule has 0 radical (unpaired) electrons. The molecule has 3 fully saturated rings. The lowest BCUT2D eigenvalue weighted by atomic mass is 9.68.